The van der Waals surface area contributed by atoms with Gasteiger partial charge >= 0.3 is 6.18 Å². The fraction of sp³-hybridized carbons (Fsp3) is 0.364. The average Bonchev–Trinajstić information content (AvgIpc) is 2.29. The van der Waals surface area contributed by atoms with Gasteiger partial charge in [0.2, 0.25) is 0 Å². The first-order chi connectivity index (χ1) is 8.74. The molecule has 0 spiro atoms. The number of amides is 1. The Kier molecular flexibility index (Phi) is 5.19. The van der Waals surface area contributed by atoms with E-state index in [9.17, 15) is 23.1 Å². The van der Waals surface area contributed by atoms with E-state index in [4.69, 9.17) is 5.11 Å². The topological polar surface area (TPSA) is 60.8 Å². The molecule has 0 bridgehead atoms. The average molecular weight is 342 g/mol. The van der Waals surface area contributed by atoms with Crippen LogP contribution in [-0.4, -0.2) is 46.9 Å². The quantitative estimate of drug-likeness (QED) is 0.882. The maximum absolute atomic E-state index is 12.3. The first kappa shape index (κ1) is 15.8. The number of carbonyl (C=O) groups excluding carboxylic acids is 1. The molecular weight excluding hydrogens is 331 g/mol. The zero-order chi connectivity index (χ0) is 14.6. The molecule has 0 heterocycles. The van der Waals surface area contributed by atoms with E-state index in [1.807, 2.05) is 0 Å². The summed E-state index contributed by atoms with van der Waals surface area (Å²) in [5.74, 6) is -1.16. The molecule has 0 atom stereocenters. The summed E-state index contributed by atoms with van der Waals surface area (Å²) in [7, 11) is 0. The zero-order valence-corrected chi connectivity index (χ0v) is 11.2. The number of phenols is 1. The molecule has 0 aliphatic rings. The van der Waals surface area contributed by atoms with E-state index in [1.54, 1.807) is 0 Å². The van der Waals surface area contributed by atoms with Crippen molar-refractivity contribution in [2.45, 2.75) is 6.18 Å². The van der Waals surface area contributed by atoms with Crippen LogP contribution < -0.4 is 0 Å². The summed E-state index contributed by atoms with van der Waals surface area (Å²) < 4.78 is 37.3. The van der Waals surface area contributed by atoms with Crippen LogP contribution in [0.1, 0.15) is 10.4 Å². The van der Waals surface area contributed by atoms with E-state index in [-0.39, 0.29) is 11.3 Å². The van der Waals surface area contributed by atoms with Gasteiger partial charge in [-0.15, -0.1) is 0 Å². The highest BCUT2D eigenvalue weighted by Crippen LogP contribution is 2.25. The van der Waals surface area contributed by atoms with Crippen LogP contribution in [0.2, 0.25) is 0 Å². The van der Waals surface area contributed by atoms with Gasteiger partial charge in [-0.05, 0) is 34.1 Å². The molecule has 0 aliphatic carbocycles. The van der Waals surface area contributed by atoms with Crippen LogP contribution in [0.5, 0.6) is 5.75 Å². The Bertz CT molecular complexity index is 465. The molecule has 0 saturated heterocycles. The van der Waals surface area contributed by atoms with Gasteiger partial charge in [0.1, 0.15) is 12.3 Å². The maximum atomic E-state index is 12.3. The van der Waals surface area contributed by atoms with Crippen LogP contribution in [0, 0.1) is 0 Å². The molecule has 0 radical (unpaired) electrons. The van der Waals surface area contributed by atoms with Crippen molar-refractivity contribution in [3.63, 3.8) is 0 Å². The minimum Gasteiger partial charge on any atom is -0.507 e. The number of rotatable bonds is 4. The third kappa shape index (κ3) is 4.71. The Hall–Kier alpha value is -1.28. The number of carbonyl (C=O) groups is 1. The van der Waals surface area contributed by atoms with E-state index < -0.39 is 31.8 Å². The highest BCUT2D eigenvalue weighted by atomic mass is 79.9. The number of hydrogen-bond acceptors (Lipinski definition) is 3. The fourth-order valence-electron chi connectivity index (χ4n) is 1.42. The number of aromatic hydroxyl groups is 1. The van der Waals surface area contributed by atoms with Gasteiger partial charge in [0, 0.05) is 12.1 Å². The largest absolute Gasteiger partial charge is 0.507 e. The maximum Gasteiger partial charge on any atom is 0.406 e. The molecule has 0 aromatic heterocycles. The highest BCUT2D eigenvalue weighted by Gasteiger charge is 2.33. The standard InChI is InChI=1S/C11H11BrF3NO3/c12-8-2-1-7(5-9(8)18)10(19)16(3-4-17)6-11(13,14)15/h1-2,5,17-18H,3-4,6H2. The van der Waals surface area contributed by atoms with Crippen LogP contribution in [-0.2, 0) is 0 Å². The first-order valence-corrected chi connectivity index (χ1v) is 5.99. The van der Waals surface area contributed by atoms with Gasteiger partial charge in [0.15, 0.2) is 0 Å². The van der Waals surface area contributed by atoms with Crippen molar-refractivity contribution in [3.8, 4) is 5.75 Å². The molecule has 2 N–H and O–H groups in total. The Labute approximate surface area is 115 Å². The van der Waals surface area contributed by atoms with E-state index in [1.165, 1.54) is 12.1 Å². The lowest BCUT2D eigenvalue weighted by Gasteiger charge is -2.23. The lowest BCUT2D eigenvalue weighted by Crippen LogP contribution is -2.40. The van der Waals surface area contributed by atoms with Crippen LogP contribution in [0.4, 0.5) is 13.2 Å². The van der Waals surface area contributed by atoms with E-state index in [0.29, 0.717) is 9.37 Å². The van der Waals surface area contributed by atoms with Crippen molar-refractivity contribution in [1.29, 1.82) is 0 Å². The number of phenolic OH excluding ortho intramolecular Hbond substituents is 1. The summed E-state index contributed by atoms with van der Waals surface area (Å²) in [5.41, 5.74) is -0.0848. The van der Waals surface area contributed by atoms with Crippen LogP contribution >= 0.6 is 15.9 Å². The molecule has 0 unspecified atom stereocenters. The number of nitrogens with zero attached hydrogens (tertiary/aromatic N) is 1. The molecule has 1 aromatic carbocycles. The molecule has 1 aromatic rings. The lowest BCUT2D eigenvalue weighted by atomic mass is 10.2. The Balaban J connectivity index is 2.95. The molecule has 8 heteroatoms. The first-order valence-electron chi connectivity index (χ1n) is 5.20. The van der Waals surface area contributed by atoms with Gasteiger partial charge in [-0.25, -0.2) is 0 Å². The SMILES string of the molecule is O=C(c1ccc(Br)c(O)c1)N(CCO)CC(F)(F)F. The Morgan fingerprint density at radius 2 is 2.00 bits per heavy atom. The molecule has 19 heavy (non-hydrogen) atoms. The monoisotopic (exact) mass is 341 g/mol. The summed E-state index contributed by atoms with van der Waals surface area (Å²) in [4.78, 5) is 12.3. The second-order valence-corrected chi connectivity index (χ2v) is 4.59. The number of halogens is 4. The number of aliphatic hydroxyl groups is 1. The van der Waals surface area contributed by atoms with Gasteiger partial charge < -0.3 is 15.1 Å². The molecule has 0 fully saturated rings. The predicted octanol–water partition coefficient (Wildman–Crippen LogP) is 2.15. The molecule has 0 aliphatic heterocycles. The predicted molar refractivity (Wildman–Crippen MR) is 64.9 cm³/mol. The van der Waals surface area contributed by atoms with Crippen LogP contribution in [0.15, 0.2) is 22.7 Å². The fourth-order valence-corrected chi connectivity index (χ4v) is 1.66. The third-order valence-corrected chi connectivity index (χ3v) is 2.89. The lowest BCUT2D eigenvalue weighted by molar-refractivity contribution is -0.141. The van der Waals surface area contributed by atoms with Crippen LogP contribution in [0.3, 0.4) is 0 Å². The molecule has 106 valence electrons. The molecule has 1 amide bonds. The number of aliphatic hydroxyl groups excluding tert-OH is 1. The van der Waals surface area contributed by atoms with Gasteiger partial charge in [0.25, 0.3) is 5.91 Å². The van der Waals surface area contributed by atoms with Crippen molar-refractivity contribution in [2.75, 3.05) is 19.7 Å². The summed E-state index contributed by atoms with van der Waals surface area (Å²) in [6.07, 6.45) is -4.55. The van der Waals surface area contributed by atoms with Crippen molar-refractivity contribution in [3.05, 3.63) is 28.2 Å². The van der Waals surface area contributed by atoms with Gasteiger partial charge in [-0.1, -0.05) is 0 Å². The van der Waals surface area contributed by atoms with Gasteiger partial charge in [-0.3, -0.25) is 4.79 Å². The number of benzene rings is 1. The van der Waals surface area contributed by atoms with Gasteiger partial charge in [-0.2, -0.15) is 13.2 Å². The molecule has 1 rings (SSSR count). The zero-order valence-electron chi connectivity index (χ0n) is 9.62. The minimum absolute atomic E-state index is 0.0848. The van der Waals surface area contributed by atoms with Crippen molar-refractivity contribution in [1.82, 2.24) is 4.90 Å². The highest BCUT2D eigenvalue weighted by molar-refractivity contribution is 9.10. The minimum atomic E-state index is -4.55. The normalized spacial score (nSPS) is 11.4. The number of alkyl halides is 3. The Morgan fingerprint density at radius 3 is 2.47 bits per heavy atom. The Morgan fingerprint density at radius 1 is 1.37 bits per heavy atom. The van der Waals surface area contributed by atoms with Crippen molar-refractivity contribution >= 4 is 21.8 Å². The van der Waals surface area contributed by atoms with E-state index >= 15 is 0 Å². The number of hydrogen-bond donors (Lipinski definition) is 2. The smallest absolute Gasteiger partial charge is 0.406 e. The summed E-state index contributed by atoms with van der Waals surface area (Å²) in [5, 5.41) is 18.1. The summed E-state index contributed by atoms with van der Waals surface area (Å²) in [6, 6.07) is 3.70. The third-order valence-electron chi connectivity index (χ3n) is 2.22. The van der Waals surface area contributed by atoms with Crippen molar-refractivity contribution < 1.29 is 28.2 Å². The van der Waals surface area contributed by atoms with E-state index in [2.05, 4.69) is 15.9 Å². The summed E-state index contributed by atoms with van der Waals surface area (Å²) in [6.45, 7) is -2.47. The summed E-state index contributed by atoms with van der Waals surface area (Å²) >= 11 is 3.00. The van der Waals surface area contributed by atoms with E-state index in [0.717, 1.165) is 6.07 Å². The molecule has 0 saturated carbocycles. The van der Waals surface area contributed by atoms with Crippen LogP contribution in [0.25, 0.3) is 0 Å². The van der Waals surface area contributed by atoms with Gasteiger partial charge in [0.05, 0.1) is 11.1 Å². The second-order valence-electron chi connectivity index (χ2n) is 3.73. The van der Waals surface area contributed by atoms with Crippen molar-refractivity contribution in [2.24, 2.45) is 0 Å². The molecular formula is C11H11BrF3NO3. The molecule has 4 nitrogen and oxygen atoms in total. The second kappa shape index (κ2) is 6.25.